The van der Waals surface area contributed by atoms with Crippen molar-refractivity contribution in [2.75, 3.05) is 0 Å². The molecule has 0 aliphatic rings. The Labute approximate surface area is 146 Å². The van der Waals surface area contributed by atoms with Gasteiger partial charge in [0.1, 0.15) is 6.61 Å². The third-order valence-corrected chi connectivity index (χ3v) is 3.83. The number of aromatic nitrogens is 1. The van der Waals surface area contributed by atoms with Crippen LogP contribution in [-0.2, 0) is 17.8 Å². The van der Waals surface area contributed by atoms with Crippen LogP contribution < -0.4 is 4.74 Å². The van der Waals surface area contributed by atoms with Crippen LogP contribution in [0.3, 0.4) is 0 Å². The molecule has 2 aromatic carbocycles. The van der Waals surface area contributed by atoms with Crippen LogP contribution in [0.15, 0.2) is 72.8 Å². The van der Waals surface area contributed by atoms with Crippen molar-refractivity contribution < 1.29 is 14.6 Å². The summed E-state index contributed by atoms with van der Waals surface area (Å²) in [6.07, 6.45) is 0.684. The Morgan fingerprint density at radius 3 is 2.32 bits per heavy atom. The van der Waals surface area contributed by atoms with Crippen LogP contribution in [0.1, 0.15) is 17.5 Å². The molecule has 0 aliphatic carbocycles. The maximum Gasteiger partial charge on any atom is 0.303 e. The summed E-state index contributed by atoms with van der Waals surface area (Å²) < 4.78 is 5.79. The number of aryl methyl sites for hydroxylation is 1. The molecule has 0 amide bonds. The molecule has 0 aliphatic heterocycles. The smallest absolute Gasteiger partial charge is 0.303 e. The van der Waals surface area contributed by atoms with E-state index in [0.717, 1.165) is 22.4 Å². The number of nitrogens with zero attached hydrogens (tertiary/aromatic N) is 1. The predicted octanol–water partition coefficient (Wildman–Crippen LogP) is 4.34. The molecule has 0 saturated carbocycles. The van der Waals surface area contributed by atoms with E-state index >= 15 is 0 Å². The van der Waals surface area contributed by atoms with Gasteiger partial charge in [0.05, 0.1) is 5.69 Å². The lowest BCUT2D eigenvalue weighted by atomic mass is 10.1. The Morgan fingerprint density at radius 2 is 1.60 bits per heavy atom. The van der Waals surface area contributed by atoms with Crippen molar-refractivity contribution in [1.82, 2.24) is 4.98 Å². The minimum atomic E-state index is -0.781. The average molecular weight is 333 g/mol. The molecule has 3 rings (SSSR count). The normalized spacial score (nSPS) is 10.4. The van der Waals surface area contributed by atoms with Crippen LogP contribution in [0.2, 0.25) is 0 Å². The molecule has 4 nitrogen and oxygen atoms in total. The summed E-state index contributed by atoms with van der Waals surface area (Å²) in [5.74, 6) is -0.201. The number of carbonyl (C=O) groups is 1. The first-order chi connectivity index (χ1) is 12.2. The molecule has 0 radical (unpaired) electrons. The third kappa shape index (κ3) is 4.91. The molecule has 25 heavy (non-hydrogen) atoms. The fourth-order valence-corrected chi connectivity index (χ4v) is 2.48. The van der Waals surface area contributed by atoms with Crippen LogP contribution in [0, 0.1) is 0 Å². The van der Waals surface area contributed by atoms with Gasteiger partial charge in [-0.2, -0.15) is 0 Å². The summed E-state index contributed by atoms with van der Waals surface area (Å²) in [5.41, 5.74) is 3.96. The van der Waals surface area contributed by atoms with Crippen molar-refractivity contribution >= 4 is 5.97 Å². The summed E-state index contributed by atoms with van der Waals surface area (Å²) in [6, 6.07) is 23.5. The lowest BCUT2D eigenvalue weighted by molar-refractivity contribution is -0.136. The molecular weight excluding hydrogens is 314 g/mol. The maximum atomic E-state index is 10.6. The van der Waals surface area contributed by atoms with Crippen molar-refractivity contribution in [3.05, 3.63) is 83.9 Å². The van der Waals surface area contributed by atoms with Gasteiger partial charge in [-0.1, -0.05) is 60.7 Å². The summed E-state index contributed by atoms with van der Waals surface area (Å²) in [7, 11) is 0. The first-order valence-corrected chi connectivity index (χ1v) is 8.15. The van der Waals surface area contributed by atoms with Gasteiger partial charge in [0.15, 0.2) is 0 Å². The molecule has 1 heterocycles. The van der Waals surface area contributed by atoms with Gasteiger partial charge < -0.3 is 9.84 Å². The molecule has 1 N–H and O–H groups in total. The molecule has 0 saturated heterocycles. The first kappa shape index (κ1) is 16.7. The van der Waals surface area contributed by atoms with E-state index < -0.39 is 5.97 Å². The molecular formula is C21H19NO3. The van der Waals surface area contributed by atoms with E-state index in [0.29, 0.717) is 18.9 Å². The number of carboxylic acids is 1. The molecule has 0 unspecified atom stereocenters. The Kier molecular flexibility index (Phi) is 5.42. The second-order valence-corrected chi connectivity index (χ2v) is 5.73. The average Bonchev–Trinajstić information content (AvgIpc) is 2.66. The van der Waals surface area contributed by atoms with Crippen LogP contribution in [-0.4, -0.2) is 16.1 Å². The molecule has 3 aromatic rings. The van der Waals surface area contributed by atoms with Crippen LogP contribution >= 0.6 is 0 Å². The summed E-state index contributed by atoms with van der Waals surface area (Å²) in [5, 5.41) is 8.72. The Bertz CT molecular complexity index is 829. The highest BCUT2D eigenvalue weighted by atomic mass is 16.5. The molecule has 0 fully saturated rings. The van der Waals surface area contributed by atoms with E-state index in [4.69, 9.17) is 9.84 Å². The molecule has 0 spiro atoms. The zero-order chi connectivity index (χ0) is 17.5. The lowest BCUT2D eigenvalue weighted by Gasteiger charge is -2.08. The van der Waals surface area contributed by atoms with Crippen molar-refractivity contribution in [2.24, 2.45) is 0 Å². The molecule has 126 valence electrons. The number of rotatable bonds is 7. The van der Waals surface area contributed by atoms with Gasteiger partial charge >= 0.3 is 5.97 Å². The number of aliphatic carboxylic acids is 1. The molecule has 0 atom stereocenters. The number of hydrogen-bond acceptors (Lipinski definition) is 3. The highest BCUT2D eigenvalue weighted by Gasteiger charge is 2.03. The standard InChI is InChI=1S/C21H19NO3/c23-21(24)14-13-16-9-11-17(12-10-16)15-25-20-8-4-7-19(22-20)18-5-2-1-3-6-18/h1-12H,13-15H2,(H,23,24). The number of benzene rings is 2. The van der Waals surface area contributed by atoms with E-state index in [1.807, 2.05) is 72.8 Å². The van der Waals surface area contributed by atoms with E-state index in [2.05, 4.69) is 4.98 Å². The minimum absolute atomic E-state index is 0.145. The Balaban J connectivity index is 1.61. The van der Waals surface area contributed by atoms with Gasteiger partial charge in [-0.05, 0) is 23.6 Å². The lowest BCUT2D eigenvalue weighted by Crippen LogP contribution is -1.99. The van der Waals surface area contributed by atoms with Crippen LogP contribution in [0.4, 0.5) is 0 Å². The zero-order valence-electron chi connectivity index (χ0n) is 13.8. The number of carboxylic acid groups (broad SMARTS) is 1. The summed E-state index contributed by atoms with van der Waals surface area (Å²) in [4.78, 5) is 15.1. The zero-order valence-corrected chi connectivity index (χ0v) is 13.8. The molecule has 4 heteroatoms. The highest BCUT2D eigenvalue weighted by molar-refractivity contribution is 5.67. The fourth-order valence-electron chi connectivity index (χ4n) is 2.48. The van der Waals surface area contributed by atoms with Gasteiger partial charge in [0.2, 0.25) is 5.88 Å². The van der Waals surface area contributed by atoms with Gasteiger partial charge in [0, 0.05) is 18.1 Å². The van der Waals surface area contributed by atoms with E-state index in [1.54, 1.807) is 0 Å². The van der Waals surface area contributed by atoms with E-state index in [9.17, 15) is 4.79 Å². The van der Waals surface area contributed by atoms with Crippen LogP contribution in [0.5, 0.6) is 5.88 Å². The van der Waals surface area contributed by atoms with Crippen molar-refractivity contribution in [3.8, 4) is 17.1 Å². The van der Waals surface area contributed by atoms with Gasteiger partial charge in [-0.15, -0.1) is 0 Å². The van der Waals surface area contributed by atoms with Crippen molar-refractivity contribution in [2.45, 2.75) is 19.4 Å². The summed E-state index contributed by atoms with van der Waals surface area (Å²) in [6.45, 7) is 0.421. The van der Waals surface area contributed by atoms with Crippen molar-refractivity contribution in [3.63, 3.8) is 0 Å². The third-order valence-electron chi connectivity index (χ3n) is 3.83. The van der Waals surface area contributed by atoms with Gasteiger partial charge in [-0.25, -0.2) is 4.98 Å². The molecule has 1 aromatic heterocycles. The Morgan fingerprint density at radius 1 is 0.880 bits per heavy atom. The van der Waals surface area contributed by atoms with Crippen LogP contribution in [0.25, 0.3) is 11.3 Å². The van der Waals surface area contributed by atoms with Gasteiger partial charge in [-0.3, -0.25) is 4.79 Å². The second kappa shape index (κ2) is 8.11. The number of pyridine rings is 1. The Hall–Kier alpha value is -3.14. The monoisotopic (exact) mass is 333 g/mol. The minimum Gasteiger partial charge on any atom is -0.481 e. The van der Waals surface area contributed by atoms with Crippen molar-refractivity contribution in [1.29, 1.82) is 0 Å². The number of ether oxygens (including phenoxy) is 1. The highest BCUT2D eigenvalue weighted by Crippen LogP contribution is 2.20. The quantitative estimate of drug-likeness (QED) is 0.698. The van der Waals surface area contributed by atoms with E-state index in [1.165, 1.54) is 0 Å². The summed E-state index contributed by atoms with van der Waals surface area (Å²) >= 11 is 0. The van der Waals surface area contributed by atoms with E-state index in [-0.39, 0.29) is 6.42 Å². The first-order valence-electron chi connectivity index (χ1n) is 8.15. The largest absolute Gasteiger partial charge is 0.481 e. The number of hydrogen-bond donors (Lipinski definition) is 1. The fraction of sp³-hybridized carbons (Fsp3) is 0.143. The SMILES string of the molecule is O=C(O)CCc1ccc(COc2cccc(-c3ccccc3)n2)cc1. The topological polar surface area (TPSA) is 59.4 Å². The maximum absolute atomic E-state index is 10.6. The molecule has 0 bridgehead atoms. The van der Waals surface area contributed by atoms with Gasteiger partial charge in [0.25, 0.3) is 0 Å². The second-order valence-electron chi connectivity index (χ2n) is 5.73. The predicted molar refractivity (Wildman–Crippen MR) is 96.4 cm³/mol.